The van der Waals surface area contributed by atoms with E-state index in [9.17, 15) is 14.4 Å². The standard InChI is InChI=1S/C23H24N2O5/c1-3-16-9-11-17(12-10-16)15(2)24-20(27)14-30-23(28)21-19(26)13-29-22(21)25-18-7-5-4-6-8-18/h4-12,15,25H,3,13-14H2,1-2H3,(H,24,27)/t15-/m0/s1. The molecule has 7 heteroatoms. The van der Waals surface area contributed by atoms with Crippen LogP contribution in [0.3, 0.4) is 0 Å². The van der Waals surface area contributed by atoms with E-state index < -0.39 is 24.3 Å². The number of ketones is 1. The molecule has 0 spiro atoms. The highest BCUT2D eigenvalue weighted by Gasteiger charge is 2.33. The highest BCUT2D eigenvalue weighted by molar-refractivity contribution is 6.20. The van der Waals surface area contributed by atoms with Crippen LogP contribution in [-0.4, -0.2) is 30.9 Å². The Morgan fingerprint density at radius 2 is 1.80 bits per heavy atom. The number of aryl methyl sites for hydroxylation is 1. The van der Waals surface area contributed by atoms with Crippen molar-refractivity contribution in [2.24, 2.45) is 0 Å². The van der Waals surface area contributed by atoms with Crippen molar-refractivity contribution in [3.8, 4) is 0 Å². The first-order chi connectivity index (χ1) is 14.5. The zero-order valence-corrected chi connectivity index (χ0v) is 16.9. The van der Waals surface area contributed by atoms with Crippen LogP contribution < -0.4 is 10.6 Å². The summed E-state index contributed by atoms with van der Waals surface area (Å²) in [6.07, 6.45) is 0.941. The fourth-order valence-electron chi connectivity index (χ4n) is 2.98. The number of Topliss-reactive ketones (excluding diaryl/α,β-unsaturated/α-hetero) is 1. The molecule has 1 atom stereocenters. The van der Waals surface area contributed by atoms with Crippen LogP contribution in [0.5, 0.6) is 0 Å². The summed E-state index contributed by atoms with van der Waals surface area (Å²) < 4.78 is 10.3. The zero-order chi connectivity index (χ0) is 21.5. The Balaban J connectivity index is 1.57. The smallest absolute Gasteiger partial charge is 0.347 e. The van der Waals surface area contributed by atoms with Crippen molar-refractivity contribution in [3.63, 3.8) is 0 Å². The SMILES string of the molecule is CCc1ccc([C@H](C)NC(=O)COC(=O)C2=C(Nc3ccccc3)OCC2=O)cc1. The number of para-hydroxylation sites is 1. The van der Waals surface area contributed by atoms with Gasteiger partial charge in [-0.2, -0.15) is 0 Å². The number of esters is 1. The number of amides is 1. The predicted molar refractivity (Wildman–Crippen MR) is 111 cm³/mol. The maximum Gasteiger partial charge on any atom is 0.347 e. The van der Waals surface area contributed by atoms with Crippen LogP contribution in [0.1, 0.15) is 31.0 Å². The van der Waals surface area contributed by atoms with E-state index in [1.54, 1.807) is 24.3 Å². The molecule has 1 aliphatic heterocycles. The van der Waals surface area contributed by atoms with Crippen molar-refractivity contribution in [2.75, 3.05) is 18.5 Å². The summed E-state index contributed by atoms with van der Waals surface area (Å²) in [5.41, 5.74) is 2.59. The van der Waals surface area contributed by atoms with E-state index in [0.717, 1.165) is 12.0 Å². The summed E-state index contributed by atoms with van der Waals surface area (Å²) in [4.78, 5) is 36.6. The molecule has 2 aromatic carbocycles. The molecule has 156 valence electrons. The van der Waals surface area contributed by atoms with Gasteiger partial charge < -0.3 is 20.1 Å². The van der Waals surface area contributed by atoms with Crippen LogP contribution in [-0.2, 0) is 30.3 Å². The topological polar surface area (TPSA) is 93.7 Å². The van der Waals surface area contributed by atoms with Crippen LogP contribution in [0.2, 0.25) is 0 Å². The molecule has 1 amide bonds. The Hall–Kier alpha value is -3.61. The van der Waals surface area contributed by atoms with Gasteiger partial charge in [-0.1, -0.05) is 49.4 Å². The lowest BCUT2D eigenvalue weighted by atomic mass is 10.1. The molecule has 1 aliphatic rings. The van der Waals surface area contributed by atoms with Crippen LogP contribution in [0, 0.1) is 0 Å². The van der Waals surface area contributed by atoms with Gasteiger partial charge in [0.2, 0.25) is 11.7 Å². The van der Waals surface area contributed by atoms with E-state index in [2.05, 4.69) is 17.6 Å². The molecule has 0 saturated carbocycles. The maximum atomic E-state index is 12.4. The van der Waals surface area contributed by atoms with Crippen molar-refractivity contribution < 1.29 is 23.9 Å². The van der Waals surface area contributed by atoms with Crippen LogP contribution in [0.25, 0.3) is 0 Å². The molecule has 0 saturated heterocycles. The summed E-state index contributed by atoms with van der Waals surface area (Å²) in [7, 11) is 0. The molecule has 0 bridgehead atoms. The highest BCUT2D eigenvalue weighted by Crippen LogP contribution is 2.20. The lowest BCUT2D eigenvalue weighted by Crippen LogP contribution is -2.31. The summed E-state index contributed by atoms with van der Waals surface area (Å²) in [5, 5.41) is 5.67. The molecule has 0 radical (unpaired) electrons. The molecule has 2 aromatic rings. The first-order valence-electron chi connectivity index (χ1n) is 9.75. The first kappa shape index (κ1) is 21.1. The minimum atomic E-state index is -0.897. The second-order valence-corrected chi connectivity index (χ2v) is 6.87. The molecule has 2 N–H and O–H groups in total. The summed E-state index contributed by atoms with van der Waals surface area (Å²) in [5.74, 6) is -1.82. The van der Waals surface area contributed by atoms with E-state index in [0.29, 0.717) is 5.69 Å². The third-order valence-electron chi connectivity index (χ3n) is 4.69. The minimum Gasteiger partial charge on any atom is -0.470 e. The first-order valence-corrected chi connectivity index (χ1v) is 9.75. The van der Waals surface area contributed by atoms with Gasteiger partial charge in [-0.05, 0) is 36.6 Å². The van der Waals surface area contributed by atoms with Gasteiger partial charge in [0, 0.05) is 5.69 Å². The largest absolute Gasteiger partial charge is 0.470 e. The van der Waals surface area contributed by atoms with Gasteiger partial charge in [0.25, 0.3) is 5.91 Å². The van der Waals surface area contributed by atoms with E-state index in [1.165, 1.54) is 5.56 Å². The number of ether oxygens (including phenoxy) is 2. The molecule has 7 nitrogen and oxygen atoms in total. The average molecular weight is 408 g/mol. The average Bonchev–Trinajstić information content (AvgIpc) is 3.12. The predicted octanol–water partition coefficient (Wildman–Crippen LogP) is 2.89. The Kier molecular flexibility index (Phi) is 6.85. The number of hydrogen-bond acceptors (Lipinski definition) is 6. The molecule has 0 unspecified atom stereocenters. The van der Waals surface area contributed by atoms with Gasteiger partial charge >= 0.3 is 5.97 Å². The van der Waals surface area contributed by atoms with Crippen molar-refractivity contribution in [3.05, 3.63) is 77.2 Å². The van der Waals surface area contributed by atoms with Gasteiger partial charge in [-0.25, -0.2) is 4.79 Å². The molecule has 3 rings (SSSR count). The highest BCUT2D eigenvalue weighted by atomic mass is 16.5. The lowest BCUT2D eigenvalue weighted by molar-refractivity contribution is -0.145. The van der Waals surface area contributed by atoms with E-state index in [-0.39, 0.29) is 24.1 Å². The molecule has 0 fully saturated rings. The number of benzene rings is 2. The summed E-state index contributed by atoms with van der Waals surface area (Å²) in [6.45, 7) is 3.17. The van der Waals surface area contributed by atoms with E-state index in [1.807, 2.05) is 37.3 Å². The third-order valence-corrected chi connectivity index (χ3v) is 4.69. The Bertz CT molecular complexity index is 951. The number of carbonyl (C=O) groups is 3. The Morgan fingerprint density at radius 1 is 1.10 bits per heavy atom. The van der Waals surface area contributed by atoms with Crippen molar-refractivity contribution in [2.45, 2.75) is 26.3 Å². The van der Waals surface area contributed by atoms with Crippen LogP contribution in [0.15, 0.2) is 66.1 Å². The van der Waals surface area contributed by atoms with Crippen molar-refractivity contribution >= 4 is 23.3 Å². The molecule has 0 aromatic heterocycles. The normalized spacial score (nSPS) is 14.1. The van der Waals surface area contributed by atoms with Crippen molar-refractivity contribution in [1.82, 2.24) is 5.32 Å². The number of nitrogens with one attached hydrogen (secondary N) is 2. The lowest BCUT2D eigenvalue weighted by Gasteiger charge is -2.15. The van der Waals surface area contributed by atoms with Crippen LogP contribution >= 0.6 is 0 Å². The number of rotatable bonds is 8. The summed E-state index contributed by atoms with van der Waals surface area (Å²) >= 11 is 0. The number of anilines is 1. The number of carbonyl (C=O) groups excluding carboxylic acids is 3. The third kappa shape index (κ3) is 5.26. The minimum absolute atomic E-state index is 0.0287. The molecule has 0 aliphatic carbocycles. The van der Waals surface area contributed by atoms with Gasteiger partial charge in [-0.3, -0.25) is 9.59 Å². The Morgan fingerprint density at radius 3 is 2.47 bits per heavy atom. The van der Waals surface area contributed by atoms with Gasteiger partial charge in [0.15, 0.2) is 18.8 Å². The zero-order valence-electron chi connectivity index (χ0n) is 16.9. The fraction of sp³-hybridized carbons (Fsp3) is 0.261. The van der Waals surface area contributed by atoms with Gasteiger partial charge in [0.1, 0.15) is 0 Å². The van der Waals surface area contributed by atoms with Crippen LogP contribution in [0.4, 0.5) is 5.69 Å². The van der Waals surface area contributed by atoms with E-state index >= 15 is 0 Å². The maximum absolute atomic E-state index is 12.4. The Labute approximate surface area is 175 Å². The monoisotopic (exact) mass is 408 g/mol. The molecule has 30 heavy (non-hydrogen) atoms. The summed E-state index contributed by atoms with van der Waals surface area (Å²) in [6, 6.07) is 16.7. The van der Waals surface area contributed by atoms with Crippen molar-refractivity contribution in [1.29, 1.82) is 0 Å². The van der Waals surface area contributed by atoms with Gasteiger partial charge in [0.05, 0.1) is 6.04 Å². The second-order valence-electron chi connectivity index (χ2n) is 6.87. The van der Waals surface area contributed by atoms with E-state index in [4.69, 9.17) is 9.47 Å². The number of hydrogen-bond donors (Lipinski definition) is 2. The van der Waals surface area contributed by atoms with Gasteiger partial charge in [-0.15, -0.1) is 0 Å². The second kappa shape index (κ2) is 9.73. The fourth-order valence-corrected chi connectivity index (χ4v) is 2.98. The quantitative estimate of drug-likeness (QED) is 0.515. The molecule has 1 heterocycles. The molecular formula is C23H24N2O5. The molecular weight excluding hydrogens is 384 g/mol.